The summed E-state index contributed by atoms with van der Waals surface area (Å²) in [7, 11) is 1.63. The molecular formula is C16H26N2O3. The Morgan fingerprint density at radius 1 is 1.19 bits per heavy atom. The van der Waals surface area contributed by atoms with Gasteiger partial charge in [-0.05, 0) is 51.8 Å². The van der Waals surface area contributed by atoms with Crippen molar-refractivity contribution in [2.24, 2.45) is 5.73 Å². The Morgan fingerprint density at radius 2 is 1.76 bits per heavy atom. The average molecular weight is 294 g/mol. The van der Waals surface area contributed by atoms with Crippen molar-refractivity contribution in [2.75, 3.05) is 13.7 Å². The van der Waals surface area contributed by atoms with Crippen LogP contribution in [0.4, 0.5) is 4.79 Å². The Labute approximate surface area is 126 Å². The van der Waals surface area contributed by atoms with Gasteiger partial charge < -0.3 is 20.5 Å². The van der Waals surface area contributed by atoms with E-state index in [9.17, 15) is 4.79 Å². The smallest absolute Gasteiger partial charge is 0.407 e. The van der Waals surface area contributed by atoms with Crippen LogP contribution in [0.15, 0.2) is 24.3 Å². The third-order valence-electron chi connectivity index (χ3n) is 2.80. The van der Waals surface area contributed by atoms with Crippen molar-refractivity contribution >= 4 is 6.09 Å². The monoisotopic (exact) mass is 294 g/mol. The largest absolute Gasteiger partial charge is 0.497 e. The highest BCUT2D eigenvalue weighted by atomic mass is 16.6. The number of ether oxygens (including phenoxy) is 2. The van der Waals surface area contributed by atoms with E-state index in [2.05, 4.69) is 5.32 Å². The molecule has 21 heavy (non-hydrogen) atoms. The van der Waals surface area contributed by atoms with Crippen molar-refractivity contribution in [1.29, 1.82) is 0 Å². The molecule has 1 atom stereocenters. The number of amides is 1. The summed E-state index contributed by atoms with van der Waals surface area (Å²) in [6.07, 6.45) is 0.196. The van der Waals surface area contributed by atoms with Gasteiger partial charge in [-0.15, -0.1) is 0 Å². The number of nitrogens with two attached hydrogens (primary N) is 1. The Hall–Kier alpha value is -1.75. The molecule has 5 heteroatoms. The first-order valence-electron chi connectivity index (χ1n) is 7.00. The fraction of sp³-hybridized carbons (Fsp3) is 0.562. The SMILES string of the molecule is COc1ccc(CC(C)(N)CNC(=O)OC(C)(C)C)cc1. The van der Waals surface area contributed by atoms with Crippen LogP contribution in [0.3, 0.4) is 0 Å². The Kier molecular flexibility index (Phi) is 5.61. The van der Waals surface area contributed by atoms with E-state index >= 15 is 0 Å². The standard InChI is InChI=1S/C16H26N2O3/c1-15(2,3)21-14(19)18-11-16(4,17)10-12-6-8-13(20-5)9-7-12/h6-9H,10-11,17H2,1-5H3,(H,18,19). The molecule has 0 radical (unpaired) electrons. The van der Waals surface area contributed by atoms with Crippen molar-refractivity contribution < 1.29 is 14.3 Å². The maximum atomic E-state index is 11.6. The van der Waals surface area contributed by atoms with E-state index in [1.807, 2.05) is 52.0 Å². The molecule has 1 aromatic rings. The van der Waals surface area contributed by atoms with Gasteiger partial charge in [0, 0.05) is 12.1 Å². The molecule has 1 aromatic carbocycles. The lowest BCUT2D eigenvalue weighted by molar-refractivity contribution is 0.0516. The maximum Gasteiger partial charge on any atom is 0.407 e. The van der Waals surface area contributed by atoms with Crippen LogP contribution in [-0.2, 0) is 11.2 Å². The molecule has 0 bridgehead atoms. The molecule has 1 rings (SSSR count). The molecule has 1 amide bonds. The summed E-state index contributed by atoms with van der Waals surface area (Å²) in [5.74, 6) is 0.810. The first-order valence-corrected chi connectivity index (χ1v) is 7.00. The number of benzene rings is 1. The Bertz CT molecular complexity index is 461. The minimum absolute atomic E-state index is 0.341. The van der Waals surface area contributed by atoms with Crippen LogP contribution in [0.1, 0.15) is 33.3 Å². The summed E-state index contributed by atoms with van der Waals surface area (Å²) in [6.45, 7) is 7.71. The first kappa shape index (κ1) is 17.3. The summed E-state index contributed by atoms with van der Waals surface area (Å²) in [6, 6.07) is 7.73. The van der Waals surface area contributed by atoms with Gasteiger partial charge in [-0.1, -0.05) is 12.1 Å². The average Bonchev–Trinajstić information content (AvgIpc) is 2.35. The predicted molar refractivity (Wildman–Crippen MR) is 83.5 cm³/mol. The fourth-order valence-corrected chi connectivity index (χ4v) is 1.86. The van der Waals surface area contributed by atoms with Crippen LogP contribution in [0.2, 0.25) is 0 Å². The zero-order chi connectivity index (χ0) is 16.1. The third kappa shape index (κ3) is 6.99. The van der Waals surface area contributed by atoms with E-state index in [-0.39, 0.29) is 0 Å². The molecule has 0 aliphatic carbocycles. The Morgan fingerprint density at radius 3 is 2.24 bits per heavy atom. The summed E-state index contributed by atoms with van der Waals surface area (Å²) < 4.78 is 10.3. The molecule has 1 unspecified atom stereocenters. The second-order valence-electron chi connectivity index (χ2n) is 6.53. The molecule has 3 N–H and O–H groups in total. The van der Waals surface area contributed by atoms with Crippen molar-refractivity contribution in [3.8, 4) is 5.75 Å². The number of carbonyl (C=O) groups excluding carboxylic acids is 1. The lowest BCUT2D eigenvalue weighted by Crippen LogP contribution is -2.50. The molecule has 118 valence electrons. The summed E-state index contributed by atoms with van der Waals surface area (Å²) in [5.41, 5.74) is 6.26. The van der Waals surface area contributed by atoms with Crippen molar-refractivity contribution in [3.63, 3.8) is 0 Å². The molecule has 0 aromatic heterocycles. The van der Waals surface area contributed by atoms with Gasteiger partial charge in [-0.3, -0.25) is 0 Å². The Balaban J connectivity index is 2.51. The quantitative estimate of drug-likeness (QED) is 0.875. The number of hydrogen-bond donors (Lipinski definition) is 2. The molecule has 5 nitrogen and oxygen atoms in total. The highest BCUT2D eigenvalue weighted by Crippen LogP contribution is 2.15. The molecule has 0 saturated heterocycles. The summed E-state index contributed by atoms with van der Waals surface area (Å²) in [5, 5.41) is 2.71. The summed E-state index contributed by atoms with van der Waals surface area (Å²) in [4.78, 5) is 11.6. The normalized spacial score (nSPS) is 14.2. The van der Waals surface area contributed by atoms with Crippen LogP contribution in [0.5, 0.6) is 5.75 Å². The number of carbonyl (C=O) groups is 1. The number of alkyl carbamates (subject to hydrolysis) is 1. The molecule has 0 fully saturated rings. The van der Waals surface area contributed by atoms with Crippen molar-refractivity contribution in [2.45, 2.75) is 45.3 Å². The van der Waals surface area contributed by atoms with E-state index in [4.69, 9.17) is 15.2 Å². The van der Waals surface area contributed by atoms with E-state index in [1.165, 1.54) is 0 Å². The lowest BCUT2D eigenvalue weighted by atomic mass is 9.94. The van der Waals surface area contributed by atoms with Crippen molar-refractivity contribution in [3.05, 3.63) is 29.8 Å². The molecule has 0 saturated carbocycles. The molecule has 0 aliphatic heterocycles. The number of methoxy groups -OCH3 is 1. The highest BCUT2D eigenvalue weighted by molar-refractivity contribution is 5.67. The molecule has 0 spiro atoms. The van der Waals surface area contributed by atoms with Crippen LogP contribution in [0, 0.1) is 0 Å². The first-order chi connectivity index (χ1) is 9.61. The summed E-state index contributed by atoms with van der Waals surface area (Å²) >= 11 is 0. The molecule has 0 heterocycles. The highest BCUT2D eigenvalue weighted by Gasteiger charge is 2.22. The van der Waals surface area contributed by atoms with Gasteiger partial charge in [0.1, 0.15) is 11.4 Å². The van der Waals surface area contributed by atoms with Crippen LogP contribution in [0.25, 0.3) is 0 Å². The topological polar surface area (TPSA) is 73.6 Å². The van der Waals surface area contributed by atoms with Crippen molar-refractivity contribution in [1.82, 2.24) is 5.32 Å². The maximum absolute atomic E-state index is 11.6. The van der Waals surface area contributed by atoms with Crippen LogP contribution in [-0.4, -0.2) is 30.9 Å². The fourth-order valence-electron chi connectivity index (χ4n) is 1.86. The zero-order valence-corrected chi connectivity index (χ0v) is 13.5. The zero-order valence-electron chi connectivity index (χ0n) is 13.5. The number of nitrogens with one attached hydrogen (secondary N) is 1. The van der Waals surface area contributed by atoms with Gasteiger partial charge in [0.15, 0.2) is 0 Å². The van der Waals surface area contributed by atoms with Gasteiger partial charge >= 0.3 is 6.09 Å². The number of rotatable bonds is 5. The van der Waals surface area contributed by atoms with E-state index in [1.54, 1.807) is 7.11 Å². The minimum atomic E-state index is -0.550. The van der Waals surface area contributed by atoms with Gasteiger partial charge in [0.25, 0.3) is 0 Å². The minimum Gasteiger partial charge on any atom is -0.497 e. The number of hydrogen-bond acceptors (Lipinski definition) is 4. The van der Waals surface area contributed by atoms with Gasteiger partial charge in [-0.2, -0.15) is 0 Å². The van der Waals surface area contributed by atoms with E-state index in [0.29, 0.717) is 13.0 Å². The molecular weight excluding hydrogens is 268 g/mol. The van der Waals surface area contributed by atoms with Gasteiger partial charge in [0.05, 0.1) is 7.11 Å². The second kappa shape index (κ2) is 6.80. The van der Waals surface area contributed by atoms with Gasteiger partial charge in [-0.25, -0.2) is 4.79 Å². The van der Waals surface area contributed by atoms with E-state index in [0.717, 1.165) is 11.3 Å². The lowest BCUT2D eigenvalue weighted by Gasteiger charge is -2.26. The third-order valence-corrected chi connectivity index (χ3v) is 2.80. The van der Waals surface area contributed by atoms with Crippen LogP contribution >= 0.6 is 0 Å². The predicted octanol–water partition coefficient (Wildman–Crippen LogP) is 2.48. The van der Waals surface area contributed by atoms with Crippen LogP contribution < -0.4 is 15.8 Å². The molecule has 0 aliphatic rings. The van der Waals surface area contributed by atoms with Gasteiger partial charge in [0.2, 0.25) is 0 Å². The second-order valence-corrected chi connectivity index (χ2v) is 6.53. The van der Waals surface area contributed by atoms with E-state index < -0.39 is 17.2 Å².